The van der Waals surface area contributed by atoms with E-state index >= 15 is 0 Å². The zero-order chi connectivity index (χ0) is 16.4. The number of morpholine rings is 1. The van der Waals surface area contributed by atoms with Crippen LogP contribution in [-0.4, -0.2) is 42.2 Å². The number of rotatable bonds is 3. The number of benzene rings is 1. The average molecular weight is 326 g/mol. The minimum Gasteiger partial charge on any atom is -0.481 e. The van der Waals surface area contributed by atoms with Gasteiger partial charge in [-0.05, 0) is 57.9 Å². The Bertz CT molecular complexity index is 528. The largest absolute Gasteiger partial charge is 0.481 e. The molecule has 1 fully saturated rings. The smallest absolute Gasteiger partial charge is 0.263 e. The van der Waals surface area contributed by atoms with Gasteiger partial charge in [0.05, 0.1) is 12.2 Å². The summed E-state index contributed by atoms with van der Waals surface area (Å²) in [5.74, 6) is 0.668. The molecule has 4 nitrogen and oxygen atoms in total. The van der Waals surface area contributed by atoms with Crippen LogP contribution in [0.15, 0.2) is 12.1 Å². The van der Waals surface area contributed by atoms with Crippen LogP contribution in [0.3, 0.4) is 0 Å². The minimum absolute atomic E-state index is 0.00717. The van der Waals surface area contributed by atoms with Crippen LogP contribution in [0.25, 0.3) is 0 Å². The molecule has 22 heavy (non-hydrogen) atoms. The third-order valence-corrected chi connectivity index (χ3v) is 4.40. The molecule has 0 radical (unpaired) electrons. The van der Waals surface area contributed by atoms with Crippen molar-refractivity contribution in [1.82, 2.24) is 4.90 Å². The molecule has 1 aliphatic heterocycles. The maximum Gasteiger partial charge on any atom is 0.263 e. The number of hydrogen-bond acceptors (Lipinski definition) is 3. The van der Waals surface area contributed by atoms with Crippen molar-refractivity contribution in [2.45, 2.75) is 52.9 Å². The van der Waals surface area contributed by atoms with Crippen molar-refractivity contribution in [2.24, 2.45) is 0 Å². The van der Waals surface area contributed by atoms with Crippen LogP contribution < -0.4 is 4.74 Å². The first kappa shape index (κ1) is 17.1. The van der Waals surface area contributed by atoms with Gasteiger partial charge in [-0.25, -0.2) is 0 Å². The highest BCUT2D eigenvalue weighted by Gasteiger charge is 2.29. The summed E-state index contributed by atoms with van der Waals surface area (Å²) in [4.78, 5) is 14.4. The molecular formula is C17H24ClNO3. The Kier molecular flexibility index (Phi) is 5.35. The van der Waals surface area contributed by atoms with E-state index in [2.05, 4.69) is 0 Å². The van der Waals surface area contributed by atoms with Crippen LogP contribution in [0.5, 0.6) is 5.75 Å². The Morgan fingerprint density at radius 3 is 2.27 bits per heavy atom. The summed E-state index contributed by atoms with van der Waals surface area (Å²) in [6.07, 6.45) is -0.419. The molecule has 0 saturated carbocycles. The fourth-order valence-electron chi connectivity index (χ4n) is 2.84. The lowest BCUT2D eigenvalue weighted by Crippen LogP contribution is -2.51. The molecule has 1 saturated heterocycles. The Hall–Kier alpha value is -1.26. The van der Waals surface area contributed by atoms with Crippen LogP contribution in [0.1, 0.15) is 31.9 Å². The van der Waals surface area contributed by atoms with Crippen LogP contribution in [0.2, 0.25) is 5.02 Å². The van der Waals surface area contributed by atoms with E-state index in [9.17, 15) is 4.79 Å². The molecule has 2 rings (SSSR count). The third kappa shape index (κ3) is 3.93. The monoisotopic (exact) mass is 325 g/mol. The Morgan fingerprint density at radius 2 is 1.77 bits per heavy atom. The van der Waals surface area contributed by atoms with Crippen molar-refractivity contribution >= 4 is 17.5 Å². The number of carbonyl (C=O) groups is 1. The zero-order valence-corrected chi connectivity index (χ0v) is 14.6. The Morgan fingerprint density at radius 1 is 1.27 bits per heavy atom. The number of halogens is 1. The summed E-state index contributed by atoms with van der Waals surface area (Å²) in [5.41, 5.74) is 1.90. The van der Waals surface area contributed by atoms with Crippen molar-refractivity contribution in [2.75, 3.05) is 13.1 Å². The van der Waals surface area contributed by atoms with Gasteiger partial charge in [-0.2, -0.15) is 0 Å². The molecule has 0 spiro atoms. The van der Waals surface area contributed by atoms with E-state index in [0.717, 1.165) is 16.1 Å². The first-order valence-electron chi connectivity index (χ1n) is 7.65. The van der Waals surface area contributed by atoms with Gasteiger partial charge in [-0.15, -0.1) is 0 Å². The predicted octanol–water partition coefficient (Wildman–Crippen LogP) is 3.36. The van der Waals surface area contributed by atoms with Crippen LogP contribution >= 0.6 is 11.6 Å². The molecule has 3 atom stereocenters. The molecule has 1 aromatic rings. The molecule has 1 aliphatic rings. The van der Waals surface area contributed by atoms with Gasteiger partial charge in [0.15, 0.2) is 6.10 Å². The standard InChI is InChI=1S/C17H24ClNO3/c1-10-6-15(7-11(2)16(10)18)22-14(5)17(20)19-8-12(3)21-13(4)9-19/h6-7,12-14H,8-9H2,1-5H3/t12-,13-,14+/m0/s1. The Labute approximate surface area is 137 Å². The van der Waals surface area contributed by atoms with E-state index < -0.39 is 6.10 Å². The van der Waals surface area contributed by atoms with Gasteiger partial charge in [0.2, 0.25) is 0 Å². The fourth-order valence-corrected chi connectivity index (χ4v) is 2.95. The first-order valence-corrected chi connectivity index (χ1v) is 8.03. The highest BCUT2D eigenvalue weighted by molar-refractivity contribution is 6.32. The van der Waals surface area contributed by atoms with Crippen LogP contribution in [0.4, 0.5) is 0 Å². The van der Waals surface area contributed by atoms with E-state index in [0.29, 0.717) is 18.8 Å². The number of aryl methyl sites for hydroxylation is 2. The molecule has 0 bridgehead atoms. The molecule has 5 heteroatoms. The molecule has 0 aliphatic carbocycles. The number of carbonyl (C=O) groups excluding carboxylic acids is 1. The molecule has 0 unspecified atom stereocenters. The molecule has 0 N–H and O–H groups in total. The summed E-state index contributed by atoms with van der Waals surface area (Å²) < 4.78 is 11.5. The SMILES string of the molecule is Cc1cc(O[C@H](C)C(=O)N2C[C@H](C)O[C@@H](C)C2)cc(C)c1Cl. The van der Waals surface area contributed by atoms with Gasteiger partial charge >= 0.3 is 0 Å². The normalized spacial score (nSPS) is 23.3. The fraction of sp³-hybridized carbons (Fsp3) is 0.588. The van der Waals surface area contributed by atoms with Crippen LogP contribution in [-0.2, 0) is 9.53 Å². The summed E-state index contributed by atoms with van der Waals surface area (Å²) in [5, 5.41) is 0.738. The lowest BCUT2D eigenvalue weighted by atomic mass is 10.1. The molecule has 122 valence electrons. The zero-order valence-electron chi connectivity index (χ0n) is 13.9. The second-order valence-corrected chi connectivity index (χ2v) is 6.51. The number of ether oxygens (including phenoxy) is 2. The highest BCUT2D eigenvalue weighted by atomic mass is 35.5. The van der Waals surface area contributed by atoms with Gasteiger partial charge in [0, 0.05) is 18.1 Å². The van der Waals surface area contributed by atoms with Crippen LogP contribution in [0, 0.1) is 13.8 Å². The second-order valence-electron chi connectivity index (χ2n) is 6.13. The van der Waals surface area contributed by atoms with Crippen molar-refractivity contribution in [3.8, 4) is 5.75 Å². The molecular weight excluding hydrogens is 302 g/mol. The lowest BCUT2D eigenvalue weighted by Gasteiger charge is -2.36. The van der Waals surface area contributed by atoms with E-state index in [-0.39, 0.29) is 18.1 Å². The summed E-state index contributed by atoms with van der Waals surface area (Å²) in [7, 11) is 0. The number of amides is 1. The highest BCUT2D eigenvalue weighted by Crippen LogP contribution is 2.26. The summed E-state index contributed by atoms with van der Waals surface area (Å²) in [6, 6.07) is 3.73. The topological polar surface area (TPSA) is 38.8 Å². The van der Waals surface area contributed by atoms with E-state index in [1.807, 2.05) is 44.7 Å². The van der Waals surface area contributed by atoms with E-state index in [4.69, 9.17) is 21.1 Å². The van der Waals surface area contributed by atoms with Crippen molar-refractivity contribution in [1.29, 1.82) is 0 Å². The summed E-state index contributed by atoms with van der Waals surface area (Å²) >= 11 is 6.16. The van der Waals surface area contributed by atoms with E-state index in [1.54, 1.807) is 6.92 Å². The maximum absolute atomic E-state index is 12.5. The molecule has 1 heterocycles. The van der Waals surface area contributed by atoms with Gasteiger partial charge in [-0.1, -0.05) is 11.6 Å². The molecule has 0 aromatic heterocycles. The minimum atomic E-state index is -0.530. The van der Waals surface area contributed by atoms with Crippen molar-refractivity contribution < 1.29 is 14.3 Å². The lowest BCUT2D eigenvalue weighted by molar-refractivity contribution is -0.149. The average Bonchev–Trinajstić information content (AvgIpc) is 2.42. The maximum atomic E-state index is 12.5. The molecule has 1 amide bonds. The van der Waals surface area contributed by atoms with Gasteiger partial charge in [0.25, 0.3) is 5.91 Å². The van der Waals surface area contributed by atoms with Crippen molar-refractivity contribution in [3.63, 3.8) is 0 Å². The summed E-state index contributed by atoms with van der Waals surface area (Å²) in [6.45, 7) is 10.8. The predicted molar refractivity (Wildman–Crippen MR) is 87.6 cm³/mol. The van der Waals surface area contributed by atoms with Gasteiger partial charge in [0.1, 0.15) is 5.75 Å². The quantitative estimate of drug-likeness (QED) is 0.855. The van der Waals surface area contributed by atoms with Gasteiger partial charge in [-0.3, -0.25) is 4.79 Å². The van der Waals surface area contributed by atoms with Crippen molar-refractivity contribution in [3.05, 3.63) is 28.3 Å². The van der Waals surface area contributed by atoms with Gasteiger partial charge < -0.3 is 14.4 Å². The number of hydrogen-bond donors (Lipinski definition) is 0. The first-order chi connectivity index (χ1) is 10.3. The Balaban J connectivity index is 2.05. The van der Waals surface area contributed by atoms with E-state index in [1.165, 1.54) is 0 Å². The number of nitrogens with zero attached hydrogens (tertiary/aromatic N) is 1. The molecule has 1 aromatic carbocycles. The third-order valence-electron chi connectivity index (χ3n) is 3.80. The second kappa shape index (κ2) is 6.88.